The number of hydrogen-bond acceptors (Lipinski definition) is 8. The minimum Gasteiger partial charge on any atom is -0.325 e. The van der Waals surface area contributed by atoms with Crippen molar-refractivity contribution in [3.8, 4) is 17.5 Å². The highest BCUT2D eigenvalue weighted by molar-refractivity contribution is 6.04. The lowest BCUT2D eigenvalue weighted by Gasteiger charge is -2.36. The van der Waals surface area contributed by atoms with Gasteiger partial charge in [0.05, 0.1) is 29.9 Å². The van der Waals surface area contributed by atoms with Gasteiger partial charge < -0.3 is 15.5 Å². The Morgan fingerprint density at radius 2 is 2.23 bits per heavy atom. The summed E-state index contributed by atoms with van der Waals surface area (Å²) >= 11 is 0. The maximum atomic E-state index is 13.2. The molecule has 2 aromatic rings. The summed E-state index contributed by atoms with van der Waals surface area (Å²) in [5, 5.41) is 23.4. The number of fused-ring (bicyclic) bond motifs is 2. The number of aromatic amines is 1. The third-order valence-electron chi connectivity index (χ3n) is 6.45. The molecule has 1 aromatic heterocycles. The fourth-order valence-electron chi connectivity index (χ4n) is 5.04. The van der Waals surface area contributed by atoms with E-state index < -0.39 is 12.1 Å². The summed E-state index contributed by atoms with van der Waals surface area (Å²) in [7, 11) is 0. The minimum atomic E-state index is -0.749. The summed E-state index contributed by atoms with van der Waals surface area (Å²) in [6, 6.07) is 8.22. The Morgan fingerprint density at radius 3 is 2.97 bits per heavy atom. The van der Waals surface area contributed by atoms with Gasteiger partial charge in [0.1, 0.15) is 6.04 Å². The summed E-state index contributed by atoms with van der Waals surface area (Å²) in [4.78, 5) is 31.4. The molecule has 4 atom stereocenters. The van der Waals surface area contributed by atoms with Gasteiger partial charge in [0.15, 0.2) is 0 Å². The van der Waals surface area contributed by atoms with Gasteiger partial charge in [-0.2, -0.15) is 10.5 Å². The van der Waals surface area contributed by atoms with Crippen LogP contribution in [0.5, 0.6) is 0 Å². The molecular weight excluding hydrogens is 398 g/mol. The van der Waals surface area contributed by atoms with Gasteiger partial charge in [0.2, 0.25) is 17.6 Å². The fourth-order valence-corrected chi connectivity index (χ4v) is 5.04. The average Bonchev–Trinajstić information content (AvgIpc) is 3.57. The third-order valence-corrected chi connectivity index (χ3v) is 6.45. The van der Waals surface area contributed by atoms with Crippen LogP contribution in [0.15, 0.2) is 24.3 Å². The Hall–Kier alpha value is -3.36. The normalized spacial score (nSPS) is 26.5. The lowest BCUT2D eigenvalue weighted by atomic mass is 10.1. The van der Waals surface area contributed by atoms with Crippen LogP contribution in [0.3, 0.4) is 0 Å². The van der Waals surface area contributed by atoms with Gasteiger partial charge in [-0.25, -0.2) is 0 Å². The highest BCUT2D eigenvalue weighted by Gasteiger charge is 2.51. The Morgan fingerprint density at radius 1 is 1.39 bits per heavy atom. The number of H-pyrrole nitrogens is 1. The van der Waals surface area contributed by atoms with E-state index >= 15 is 0 Å². The van der Waals surface area contributed by atoms with Crippen molar-refractivity contribution in [2.75, 3.05) is 24.5 Å². The number of likely N-dealkylation sites (tertiary alicyclic amines) is 2. The number of para-hydroxylation sites is 1. The third kappa shape index (κ3) is 3.24. The number of piperazine rings is 1. The molecule has 11 nitrogen and oxygen atoms in total. The summed E-state index contributed by atoms with van der Waals surface area (Å²) in [6.45, 7) is 1.51. The maximum Gasteiger partial charge on any atom is 0.244 e. The molecule has 160 valence electrons. The average molecular weight is 421 g/mol. The van der Waals surface area contributed by atoms with E-state index in [0.29, 0.717) is 38.3 Å². The molecule has 2 amide bonds. The molecular formula is C20H23N9O2. The van der Waals surface area contributed by atoms with Crippen molar-refractivity contribution >= 4 is 17.5 Å². The molecule has 5 rings (SSSR count). The predicted molar refractivity (Wildman–Crippen MR) is 109 cm³/mol. The van der Waals surface area contributed by atoms with E-state index in [1.807, 2.05) is 34.1 Å². The fraction of sp³-hybridized carbons (Fsp3) is 0.500. The van der Waals surface area contributed by atoms with Gasteiger partial charge in [-0.05, 0) is 36.6 Å². The van der Waals surface area contributed by atoms with Crippen molar-refractivity contribution < 1.29 is 9.59 Å². The number of nitriles is 1. The zero-order valence-corrected chi connectivity index (χ0v) is 16.9. The first-order valence-corrected chi connectivity index (χ1v) is 10.4. The topological polar surface area (TPSA) is 148 Å². The van der Waals surface area contributed by atoms with Gasteiger partial charge in [0.25, 0.3) is 0 Å². The monoisotopic (exact) mass is 421 g/mol. The van der Waals surface area contributed by atoms with Crippen LogP contribution in [-0.2, 0) is 9.59 Å². The second kappa shape index (κ2) is 7.72. The first-order valence-electron chi connectivity index (χ1n) is 10.4. The summed E-state index contributed by atoms with van der Waals surface area (Å²) in [5.74, 6) is 0.217. The summed E-state index contributed by atoms with van der Waals surface area (Å²) in [6.07, 6.45) is 2.19. The quantitative estimate of drug-likeness (QED) is 0.656. The molecule has 3 aliphatic rings. The predicted octanol–water partition coefficient (Wildman–Crippen LogP) is -0.502. The van der Waals surface area contributed by atoms with E-state index in [2.05, 4.69) is 26.7 Å². The SMILES string of the molecule is N#CC1CCCN1C(=O)C(N)CN1C[C@@H]2CC1C(=O)N2c1ccccc1-c1nn[nH]n1. The Bertz CT molecular complexity index is 1030. The molecule has 0 spiro atoms. The molecule has 3 N–H and O–H groups in total. The number of nitrogens with two attached hydrogens (primary N) is 1. The molecule has 0 aliphatic carbocycles. The van der Waals surface area contributed by atoms with Gasteiger partial charge >= 0.3 is 0 Å². The highest BCUT2D eigenvalue weighted by Crippen LogP contribution is 2.39. The Labute approximate surface area is 178 Å². The van der Waals surface area contributed by atoms with Crippen LogP contribution >= 0.6 is 0 Å². The smallest absolute Gasteiger partial charge is 0.244 e. The number of tetrazole rings is 1. The Kier molecular flexibility index (Phi) is 4.88. The summed E-state index contributed by atoms with van der Waals surface area (Å²) in [5.41, 5.74) is 7.71. The number of nitrogens with one attached hydrogen (secondary N) is 1. The molecule has 0 saturated carbocycles. The van der Waals surface area contributed by atoms with Crippen LogP contribution in [-0.4, -0.2) is 86.0 Å². The number of carbonyl (C=O) groups is 2. The van der Waals surface area contributed by atoms with E-state index in [9.17, 15) is 14.9 Å². The number of nitrogens with zero attached hydrogens (tertiary/aromatic N) is 7. The first kappa shape index (κ1) is 19.6. The molecule has 0 radical (unpaired) electrons. The van der Waals surface area contributed by atoms with Crippen LogP contribution in [0.4, 0.5) is 5.69 Å². The first-order chi connectivity index (χ1) is 15.1. The van der Waals surface area contributed by atoms with Crippen molar-refractivity contribution in [3.05, 3.63) is 24.3 Å². The van der Waals surface area contributed by atoms with E-state index in [1.54, 1.807) is 4.90 Å². The highest BCUT2D eigenvalue weighted by atomic mass is 16.2. The van der Waals surface area contributed by atoms with E-state index in [1.165, 1.54) is 0 Å². The van der Waals surface area contributed by atoms with Crippen molar-refractivity contribution in [3.63, 3.8) is 0 Å². The van der Waals surface area contributed by atoms with Crippen LogP contribution in [0, 0.1) is 11.3 Å². The molecule has 3 fully saturated rings. The molecule has 3 aliphatic heterocycles. The molecule has 4 heterocycles. The van der Waals surface area contributed by atoms with Crippen molar-refractivity contribution in [2.24, 2.45) is 5.73 Å². The standard InChI is InChI=1S/C20H23N9O2/c21-9-12-4-3-7-28(12)19(30)15(22)11-27-10-13-8-17(27)20(31)29(13)16-6-2-1-5-14(16)18-23-25-26-24-18/h1-2,5-6,12-13,15,17H,3-4,7-8,10-11,22H2,(H,23,24,25,26)/t12?,13-,15?,17?/m0/s1. The molecule has 1 aromatic carbocycles. The number of carbonyl (C=O) groups excluding carboxylic acids is 2. The van der Waals surface area contributed by atoms with Crippen LogP contribution in [0.25, 0.3) is 11.4 Å². The van der Waals surface area contributed by atoms with Crippen molar-refractivity contribution in [2.45, 2.75) is 43.4 Å². The van der Waals surface area contributed by atoms with Crippen LogP contribution in [0.1, 0.15) is 19.3 Å². The number of aromatic nitrogens is 4. The lowest BCUT2D eigenvalue weighted by molar-refractivity contribution is -0.134. The zero-order chi connectivity index (χ0) is 21.5. The van der Waals surface area contributed by atoms with Crippen LogP contribution < -0.4 is 10.6 Å². The van der Waals surface area contributed by atoms with Gasteiger partial charge in [-0.15, -0.1) is 10.2 Å². The number of anilines is 1. The van der Waals surface area contributed by atoms with Crippen LogP contribution in [0.2, 0.25) is 0 Å². The molecule has 11 heteroatoms. The van der Waals surface area contributed by atoms with E-state index in [0.717, 1.165) is 17.7 Å². The van der Waals surface area contributed by atoms with Crippen molar-refractivity contribution in [1.29, 1.82) is 5.26 Å². The van der Waals surface area contributed by atoms with E-state index in [-0.39, 0.29) is 23.9 Å². The second-order valence-electron chi connectivity index (χ2n) is 8.25. The minimum absolute atomic E-state index is 0.00787. The number of rotatable bonds is 5. The van der Waals surface area contributed by atoms with E-state index in [4.69, 9.17) is 5.73 Å². The lowest BCUT2D eigenvalue weighted by Crippen LogP contribution is -2.56. The second-order valence-corrected chi connectivity index (χ2v) is 8.25. The molecule has 3 unspecified atom stereocenters. The maximum absolute atomic E-state index is 13.2. The van der Waals surface area contributed by atoms with Gasteiger partial charge in [0, 0.05) is 25.2 Å². The van der Waals surface area contributed by atoms with Gasteiger partial charge in [-0.3, -0.25) is 14.5 Å². The number of amides is 2. The van der Waals surface area contributed by atoms with Crippen molar-refractivity contribution in [1.82, 2.24) is 30.4 Å². The summed E-state index contributed by atoms with van der Waals surface area (Å²) < 4.78 is 0. The molecule has 3 saturated heterocycles. The Balaban J connectivity index is 1.30. The van der Waals surface area contributed by atoms with Gasteiger partial charge in [-0.1, -0.05) is 12.1 Å². The molecule has 31 heavy (non-hydrogen) atoms. The number of benzene rings is 1. The largest absolute Gasteiger partial charge is 0.325 e. The molecule has 2 bridgehead atoms. The zero-order valence-electron chi connectivity index (χ0n) is 16.9. The number of hydrogen-bond donors (Lipinski definition) is 2.